The fourth-order valence-electron chi connectivity index (χ4n) is 9.93. The predicted molar refractivity (Wildman–Crippen MR) is 256 cm³/mol. The van der Waals surface area contributed by atoms with E-state index in [9.17, 15) is 0 Å². The lowest BCUT2D eigenvalue weighted by molar-refractivity contribution is -0.159. The second kappa shape index (κ2) is 16.1. The van der Waals surface area contributed by atoms with Gasteiger partial charge in [-0.2, -0.15) is 0 Å². The van der Waals surface area contributed by atoms with Gasteiger partial charge in [0.25, 0.3) is 0 Å². The molecule has 348 valence electrons. The van der Waals surface area contributed by atoms with Crippen LogP contribution in [0.1, 0.15) is 190 Å². The van der Waals surface area contributed by atoms with Crippen LogP contribution in [0, 0.1) is 0 Å². The van der Waals surface area contributed by atoms with Crippen LogP contribution >= 0.6 is 0 Å². The van der Waals surface area contributed by atoms with E-state index in [0.29, 0.717) is 19.4 Å². The van der Waals surface area contributed by atoms with Crippen LogP contribution in [0.25, 0.3) is 0 Å². The van der Waals surface area contributed by atoms with E-state index in [1.54, 1.807) is 28.4 Å². The second-order valence-electron chi connectivity index (χ2n) is 23.4. The van der Waals surface area contributed by atoms with Crippen molar-refractivity contribution in [2.24, 2.45) is 0 Å². The van der Waals surface area contributed by atoms with E-state index >= 15 is 0 Å². The summed E-state index contributed by atoms with van der Waals surface area (Å²) in [5.41, 5.74) is 10.5. The van der Waals surface area contributed by atoms with Crippen molar-refractivity contribution in [1.82, 2.24) is 0 Å². The summed E-state index contributed by atoms with van der Waals surface area (Å²) in [5.74, 6) is 1.32. The summed E-state index contributed by atoms with van der Waals surface area (Å²) in [6.45, 7) is 35.4. The van der Waals surface area contributed by atoms with Crippen molar-refractivity contribution in [3.63, 3.8) is 0 Å². The minimum absolute atomic E-state index is 0.155. The lowest BCUT2D eigenvalue weighted by Crippen LogP contribution is -2.38. The first-order chi connectivity index (χ1) is 29.5. The third kappa shape index (κ3) is 8.58. The summed E-state index contributed by atoms with van der Waals surface area (Å²) in [6, 6.07) is 18.3. The molecule has 2 saturated heterocycles. The highest BCUT2D eigenvalue weighted by atomic mass is 16.8. The predicted octanol–water partition coefficient (Wildman–Crippen LogP) is 13.0. The Kier molecular flexibility index (Phi) is 12.0. The molecule has 4 bridgehead atoms. The van der Waals surface area contributed by atoms with E-state index in [4.69, 9.17) is 37.9 Å². The molecule has 2 fully saturated rings. The number of benzene rings is 4. The Bertz CT molecular complexity index is 2360. The summed E-state index contributed by atoms with van der Waals surface area (Å²) in [4.78, 5) is 0. The normalized spacial score (nSPS) is 20.2. The topological polar surface area (TPSA) is 73.8 Å². The molecule has 1 aliphatic carbocycles. The van der Waals surface area contributed by atoms with Gasteiger partial charge in [-0.05, 0) is 118 Å². The molecule has 4 aromatic rings. The molecule has 2 aliphatic heterocycles. The number of ether oxygens (including phenoxy) is 8. The van der Waals surface area contributed by atoms with Crippen molar-refractivity contribution in [2.75, 3.05) is 35.0 Å². The maximum absolute atomic E-state index is 7.66. The molecule has 2 atom stereocenters. The Hall–Kier alpha value is -4.08. The molecule has 0 amide bonds. The molecular weight excluding hydrogens is 801 g/mol. The Balaban J connectivity index is 1.59. The molecular formula is C56H76O8. The third-order valence-electron chi connectivity index (χ3n) is 13.4. The highest BCUT2D eigenvalue weighted by Crippen LogP contribution is 2.63. The first-order valence-electron chi connectivity index (χ1n) is 23.0. The first kappa shape index (κ1) is 47.9. The fraction of sp³-hybridized carbons (Fsp3) is 0.571. The van der Waals surface area contributed by atoms with Crippen LogP contribution in [-0.2, 0) is 59.1 Å². The molecule has 0 saturated carbocycles. The molecule has 0 radical (unpaired) electrons. The summed E-state index contributed by atoms with van der Waals surface area (Å²) < 4.78 is 53.9. The van der Waals surface area contributed by atoms with Gasteiger partial charge in [-0.15, -0.1) is 0 Å². The van der Waals surface area contributed by atoms with E-state index in [-0.39, 0.29) is 27.8 Å². The quantitative estimate of drug-likeness (QED) is 0.173. The van der Waals surface area contributed by atoms with Gasteiger partial charge in [0.1, 0.15) is 35.2 Å². The van der Waals surface area contributed by atoms with Crippen molar-refractivity contribution in [2.45, 2.75) is 175 Å². The number of rotatable bonds is 8. The van der Waals surface area contributed by atoms with Crippen LogP contribution in [0.2, 0.25) is 0 Å². The summed E-state index contributed by atoms with van der Waals surface area (Å²) in [6.07, 6.45) is 0.129. The van der Waals surface area contributed by atoms with Gasteiger partial charge in [-0.25, -0.2) is 0 Å². The van der Waals surface area contributed by atoms with Gasteiger partial charge in [0.2, 0.25) is 0 Å². The molecule has 2 heterocycles. The van der Waals surface area contributed by atoms with Gasteiger partial charge >= 0.3 is 0 Å². The monoisotopic (exact) mass is 877 g/mol. The van der Waals surface area contributed by atoms with E-state index < -0.39 is 23.3 Å². The zero-order valence-corrected chi connectivity index (χ0v) is 42.7. The standard InChI is InChI=1S/C56H76O8/c1-50(2,3)36-23-32(45(57-17)40(27-36)44-31-61-54(13,14)62-44)21-33-24-37(51(4,5)6)28-41(46(33)58-18)49-56(64-55(15,16)63-49)42-29-38(52(7,8)9)25-34(47(42)59-19)22-35-26-39(53(10,11)12)30-43(56)48(35)60-20/h23-30,44,49H,21-22,31H2,1-20H3. The molecule has 4 aromatic carbocycles. The smallest absolute Gasteiger partial charge is 0.165 e. The number of hydrogen-bond donors (Lipinski definition) is 0. The number of fused-ring (bicyclic) bond motifs is 6. The van der Waals surface area contributed by atoms with E-state index in [1.807, 2.05) is 27.7 Å². The Morgan fingerprint density at radius 1 is 0.500 bits per heavy atom. The molecule has 2 unspecified atom stereocenters. The number of methoxy groups -OCH3 is 4. The molecule has 64 heavy (non-hydrogen) atoms. The Labute approximate surface area is 384 Å². The van der Waals surface area contributed by atoms with E-state index in [0.717, 1.165) is 73.1 Å². The average molecular weight is 877 g/mol. The van der Waals surface area contributed by atoms with Crippen molar-refractivity contribution in [3.8, 4) is 23.0 Å². The highest BCUT2D eigenvalue weighted by Gasteiger charge is 2.60. The van der Waals surface area contributed by atoms with Crippen LogP contribution in [0.4, 0.5) is 0 Å². The molecule has 0 aromatic heterocycles. The average Bonchev–Trinajstić information content (AvgIpc) is 3.69. The van der Waals surface area contributed by atoms with E-state index in [1.165, 1.54) is 16.7 Å². The molecule has 8 heteroatoms. The van der Waals surface area contributed by atoms with Crippen molar-refractivity contribution < 1.29 is 37.9 Å². The molecule has 0 N–H and O–H groups in total. The van der Waals surface area contributed by atoms with E-state index in [2.05, 4.69) is 132 Å². The highest BCUT2D eigenvalue weighted by molar-refractivity contribution is 5.65. The van der Waals surface area contributed by atoms with Gasteiger partial charge < -0.3 is 37.9 Å². The molecule has 1 spiro atoms. The van der Waals surface area contributed by atoms with Crippen LogP contribution in [0.15, 0.2) is 48.5 Å². The lowest BCUT2D eigenvalue weighted by atomic mass is 9.70. The minimum Gasteiger partial charge on any atom is -0.496 e. The largest absolute Gasteiger partial charge is 0.496 e. The summed E-state index contributed by atoms with van der Waals surface area (Å²) >= 11 is 0. The molecule has 8 nitrogen and oxygen atoms in total. The zero-order valence-electron chi connectivity index (χ0n) is 42.7. The van der Waals surface area contributed by atoms with Crippen LogP contribution < -0.4 is 18.9 Å². The fourth-order valence-corrected chi connectivity index (χ4v) is 9.93. The zero-order chi connectivity index (χ0) is 47.3. The van der Waals surface area contributed by atoms with Crippen LogP contribution in [0.5, 0.6) is 23.0 Å². The van der Waals surface area contributed by atoms with Gasteiger partial charge in [0, 0.05) is 35.1 Å². The van der Waals surface area contributed by atoms with Gasteiger partial charge in [0.15, 0.2) is 17.2 Å². The molecule has 3 aliphatic rings. The van der Waals surface area contributed by atoms with Crippen LogP contribution in [-0.4, -0.2) is 46.6 Å². The van der Waals surface area contributed by atoms with Crippen LogP contribution in [0.3, 0.4) is 0 Å². The van der Waals surface area contributed by atoms with Crippen molar-refractivity contribution in [3.05, 3.63) is 115 Å². The molecule has 7 rings (SSSR count). The lowest BCUT2D eigenvalue weighted by Gasteiger charge is -2.41. The number of hydrogen-bond acceptors (Lipinski definition) is 8. The summed E-state index contributed by atoms with van der Waals surface area (Å²) in [7, 11) is 7.06. The van der Waals surface area contributed by atoms with Crippen molar-refractivity contribution in [1.29, 1.82) is 0 Å². The Morgan fingerprint density at radius 2 is 0.906 bits per heavy atom. The van der Waals surface area contributed by atoms with Gasteiger partial charge in [-0.3, -0.25) is 0 Å². The van der Waals surface area contributed by atoms with Gasteiger partial charge in [-0.1, -0.05) is 107 Å². The first-order valence-corrected chi connectivity index (χ1v) is 23.0. The maximum Gasteiger partial charge on any atom is 0.165 e. The summed E-state index contributed by atoms with van der Waals surface area (Å²) in [5, 5.41) is 0. The second-order valence-corrected chi connectivity index (χ2v) is 23.4. The van der Waals surface area contributed by atoms with Crippen molar-refractivity contribution >= 4 is 0 Å². The maximum atomic E-state index is 7.66. The van der Waals surface area contributed by atoms with Gasteiger partial charge in [0.05, 0.1) is 35.0 Å². The third-order valence-corrected chi connectivity index (χ3v) is 13.4. The minimum atomic E-state index is -1.27. The Morgan fingerprint density at radius 3 is 1.30 bits per heavy atom. The SMILES string of the molecule is COc1c(Cc2cc(C(C)(C)C)cc(C3OC(C)(C)OC34c3cc(C(C)(C)C)cc(c3OC)Cc3cc(C(C)(C)C)cc4c3OC)c2OC)cc(C(C)(C)C)cc1C1COC(C)(C)O1.